The molecular weight excluding hydrogens is 389 g/mol. The molecule has 2 aromatic carbocycles. The van der Waals surface area contributed by atoms with Crippen molar-refractivity contribution in [3.8, 4) is 17.2 Å². The van der Waals surface area contributed by atoms with Crippen LogP contribution in [-0.2, 0) is 17.6 Å². The summed E-state index contributed by atoms with van der Waals surface area (Å²) in [5.41, 5.74) is 2.04. The zero-order chi connectivity index (χ0) is 21.7. The second-order valence-corrected chi connectivity index (χ2v) is 6.72. The Balaban J connectivity index is 1.76. The molecule has 0 saturated heterocycles. The normalized spacial score (nSPS) is 11.8. The summed E-state index contributed by atoms with van der Waals surface area (Å²) in [5.74, 6) is -0.0621. The molecule has 0 unspecified atom stereocenters. The van der Waals surface area contributed by atoms with Gasteiger partial charge in [0.1, 0.15) is 5.58 Å². The van der Waals surface area contributed by atoms with Gasteiger partial charge in [-0.1, -0.05) is 24.3 Å². The molecule has 8 nitrogen and oxygen atoms in total. The number of benzene rings is 2. The van der Waals surface area contributed by atoms with E-state index < -0.39 is 19.0 Å². The first-order chi connectivity index (χ1) is 14.5. The highest BCUT2D eigenvalue weighted by molar-refractivity contribution is 6.43. The predicted octanol–water partition coefficient (Wildman–Crippen LogP) is 1.74. The Labute approximate surface area is 174 Å². The van der Waals surface area contributed by atoms with Gasteiger partial charge in [-0.2, -0.15) is 0 Å². The van der Waals surface area contributed by atoms with E-state index in [4.69, 9.17) is 18.6 Å². The second-order valence-electron chi connectivity index (χ2n) is 6.72. The van der Waals surface area contributed by atoms with Gasteiger partial charge in [-0.05, 0) is 24.1 Å². The van der Waals surface area contributed by atoms with Gasteiger partial charge in [0.2, 0.25) is 11.7 Å². The molecule has 3 aromatic rings. The first-order valence-corrected chi connectivity index (χ1v) is 9.37. The maximum atomic E-state index is 12.7. The summed E-state index contributed by atoms with van der Waals surface area (Å²) in [6, 6.07) is 10.8. The highest BCUT2D eigenvalue weighted by Gasteiger charge is 2.27. The molecule has 0 radical (unpaired) electrons. The molecule has 1 amide bonds. The van der Waals surface area contributed by atoms with E-state index in [9.17, 15) is 14.8 Å². The molecule has 0 aliphatic carbocycles. The molecule has 1 atom stereocenters. The van der Waals surface area contributed by atoms with Crippen molar-refractivity contribution in [2.75, 3.05) is 21.3 Å². The van der Waals surface area contributed by atoms with Crippen LogP contribution >= 0.6 is 0 Å². The number of hydrogen-bond donors (Lipinski definition) is 3. The zero-order valence-corrected chi connectivity index (χ0v) is 17.0. The molecule has 0 saturated carbocycles. The Morgan fingerprint density at radius 2 is 1.77 bits per heavy atom. The lowest BCUT2D eigenvalue weighted by Crippen LogP contribution is -2.48. The van der Waals surface area contributed by atoms with Crippen molar-refractivity contribution < 1.29 is 33.5 Å². The largest absolute Gasteiger partial charge is 0.493 e. The number of carbonyl (C=O) groups excluding carboxylic acids is 1. The first-order valence-electron chi connectivity index (χ1n) is 9.37. The van der Waals surface area contributed by atoms with Crippen molar-refractivity contribution >= 4 is 24.0 Å². The average Bonchev–Trinajstić information content (AvgIpc) is 3.15. The van der Waals surface area contributed by atoms with Crippen LogP contribution in [0, 0.1) is 0 Å². The molecular formula is C21H24BNO7. The fraction of sp³-hybridized carbons (Fsp3) is 0.286. The number of furan rings is 1. The topological polar surface area (TPSA) is 110 Å². The van der Waals surface area contributed by atoms with Crippen molar-refractivity contribution in [2.24, 2.45) is 0 Å². The van der Waals surface area contributed by atoms with E-state index in [-0.39, 0.29) is 12.8 Å². The lowest BCUT2D eigenvalue weighted by molar-refractivity contribution is -0.120. The summed E-state index contributed by atoms with van der Waals surface area (Å²) in [6.45, 7) is 0. The summed E-state index contributed by atoms with van der Waals surface area (Å²) < 4.78 is 21.5. The van der Waals surface area contributed by atoms with Gasteiger partial charge in [0.25, 0.3) is 0 Å². The molecule has 0 fully saturated rings. The van der Waals surface area contributed by atoms with E-state index in [1.54, 1.807) is 18.4 Å². The number of ether oxygens (including phenoxy) is 3. The molecule has 3 N–H and O–H groups in total. The number of carbonyl (C=O) groups is 1. The number of fused-ring (bicyclic) bond motifs is 1. The molecule has 30 heavy (non-hydrogen) atoms. The fourth-order valence-electron chi connectivity index (χ4n) is 3.39. The number of hydrogen-bond acceptors (Lipinski definition) is 7. The third kappa shape index (κ3) is 4.53. The Bertz CT molecular complexity index is 1020. The first kappa shape index (κ1) is 21.5. The average molecular weight is 413 g/mol. The summed E-state index contributed by atoms with van der Waals surface area (Å²) in [4.78, 5) is 12.7. The van der Waals surface area contributed by atoms with Crippen LogP contribution in [0.1, 0.15) is 11.1 Å². The molecule has 0 bridgehead atoms. The van der Waals surface area contributed by atoms with Crippen LogP contribution < -0.4 is 19.5 Å². The summed E-state index contributed by atoms with van der Waals surface area (Å²) in [6.07, 6.45) is 1.71. The highest BCUT2D eigenvalue weighted by Crippen LogP contribution is 2.39. The van der Waals surface area contributed by atoms with E-state index in [2.05, 4.69) is 5.32 Å². The monoisotopic (exact) mass is 413 g/mol. The van der Waals surface area contributed by atoms with Crippen LogP contribution in [0.15, 0.2) is 47.1 Å². The Kier molecular flexibility index (Phi) is 6.86. The summed E-state index contributed by atoms with van der Waals surface area (Å²) >= 11 is 0. The Morgan fingerprint density at radius 3 is 2.43 bits per heavy atom. The van der Waals surface area contributed by atoms with Crippen LogP contribution in [-0.4, -0.2) is 50.3 Å². The third-order valence-electron chi connectivity index (χ3n) is 4.84. The minimum Gasteiger partial charge on any atom is -0.493 e. The van der Waals surface area contributed by atoms with Crippen LogP contribution in [0.5, 0.6) is 17.2 Å². The van der Waals surface area contributed by atoms with Gasteiger partial charge >= 0.3 is 7.12 Å². The SMILES string of the molecule is COc1ccc(CC(=O)N[C@@H](Cc2coc3ccccc23)B(O)O)c(OC)c1OC. The van der Waals surface area contributed by atoms with Crippen molar-refractivity contribution in [3.05, 3.63) is 53.8 Å². The molecule has 9 heteroatoms. The van der Waals surface area contributed by atoms with Gasteiger partial charge in [0, 0.05) is 10.9 Å². The van der Waals surface area contributed by atoms with Gasteiger partial charge in [-0.15, -0.1) is 0 Å². The van der Waals surface area contributed by atoms with E-state index in [1.165, 1.54) is 21.3 Å². The number of amides is 1. The van der Waals surface area contributed by atoms with E-state index in [1.807, 2.05) is 24.3 Å². The van der Waals surface area contributed by atoms with E-state index >= 15 is 0 Å². The van der Waals surface area contributed by atoms with Crippen LogP contribution in [0.2, 0.25) is 0 Å². The minimum atomic E-state index is -1.74. The molecule has 158 valence electrons. The van der Waals surface area contributed by atoms with Gasteiger partial charge in [0.05, 0.1) is 40.0 Å². The van der Waals surface area contributed by atoms with Gasteiger partial charge < -0.3 is 34.0 Å². The van der Waals surface area contributed by atoms with Crippen LogP contribution in [0.25, 0.3) is 11.0 Å². The summed E-state index contributed by atoms with van der Waals surface area (Å²) in [7, 11) is 2.73. The van der Waals surface area contributed by atoms with Crippen molar-refractivity contribution in [2.45, 2.75) is 18.8 Å². The molecule has 1 heterocycles. The zero-order valence-electron chi connectivity index (χ0n) is 17.0. The van der Waals surface area contributed by atoms with Crippen molar-refractivity contribution in [3.63, 3.8) is 0 Å². The third-order valence-corrected chi connectivity index (χ3v) is 4.84. The van der Waals surface area contributed by atoms with Crippen molar-refractivity contribution in [1.29, 1.82) is 0 Å². The maximum absolute atomic E-state index is 12.7. The van der Waals surface area contributed by atoms with E-state index in [0.717, 1.165) is 10.9 Å². The quantitative estimate of drug-likeness (QED) is 0.459. The van der Waals surface area contributed by atoms with Gasteiger partial charge in [-0.25, -0.2) is 0 Å². The molecule has 0 aliphatic heterocycles. The number of nitrogens with one attached hydrogen (secondary N) is 1. The number of rotatable bonds is 9. The molecule has 0 aliphatic rings. The maximum Gasteiger partial charge on any atom is 0.475 e. The highest BCUT2D eigenvalue weighted by atomic mass is 16.5. The van der Waals surface area contributed by atoms with E-state index in [0.29, 0.717) is 28.4 Å². The second kappa shape index (κ2) is 9.56. The Morgan fingerprint density at radius 1 is 1.03 bits per heavy atom. The predicted molar refractivity (Wildman–Crippen MR) is 112 cm³/mol. The molecule has 0 spiro atoms. The van der Waals surface area contributed by atoms with Crippen LogP contribution in [0.4, 0.5) is 0 Å². The minimum absolute atomic E-state index is 0.0428. The van der Waals surface area contributed by atoms with Gasteiger partial charge in [0.15, 0.2) is 11.5 Å². The molecule has 3 rings (SSSR count). The lowest BCUT2D eigenvalue weighted by Gasteiger charge is -2.19. The smallest absolute Gasteiger partial charge is 0.475 e. The number of para-hydroxylation sites is 1. The van der Waals surface area contributed by atoms with Crippen LogP contribution in [0.3, 0.4) is 0 Å². The Hall–Kier alpha value is -3.17. The lowest BCUT2D eigenvalue weighted by atomic mass is 9.75. The molecule has 1 aromatic heterocycles. The summed E-state index contributed by atoms with van der Waals surface area (Å²) in [5, 5.41) is 23.1. The van der Waals surface area contributed by atoms with Crippen molar-refractivity contribution in [1.82, 2.24) is 5.32 Å². The fourth-order valence-corrected chi connectivity index (χ4v) is 3.39. The van der Waals surface area contributed by atoms with Gasteiger partial charge in [-0.3, -0.25) is 4.79 Å². The standard InChI is InChI=1S/C21H24BNO7/c1-27-17-9-8-13(20(28-2)21(17)29-3)11-19(24)23-18(22(25)26)10-14-12-30-16-7-5-4-6-15(14)16/h4-9,12,18,25-26H,10-11H2,1-3H3,(H,23,24)/t18-/m0/s1. The number of methoxy groups -OCH3 is 3.